The van der Waals surface area contributed by atoms with Crippen LogP contribution in [0.25, 0.3) is 5.69 Å². The molecule has 2 aromatic carbocycles. The van der Waals surface area contributed by atoms with Crippen molar-refractivity contribution in [1.29, 1.82) is 0 Å². The summed E-state index contributed by atoms with van der Waals surface area (Å²) in [5.41, 5.74) is 4.97. The third-order valence-corrected chi connectivity index (χ3v) is 9.63. The topological polar surface area (TPSA) is 70.5 Å². The van der Waals surface area contributed by atoms with Gasteiger partial charge in [0.1, 0.15) is 0 Å². The summed E-state index contributed by atoms with van der Waals surface area (Å²) in [6.07, 6.45) is 5.70. The molecule has 1 aliphatic carbocycles. The Morgan fingerprint density at radius 2 is 1.87 bits per heavy atom. The van der Waals surface area contributed by atoms with Gasteiger partial charge < -0.3 is 15.1 Å². The molecule has 39 heavy (non-hydrogen) atoms. The van der Waals surface area contributed by atoms with Gasteiger partial charge in [0.25, 0.3) is 5.56 Å². The molecule has 1 fully saturated rings. The fourth-order valence-corrected chi connectivity index (χ4v) is 7.02. The number of thiol groups is 1. The minimum Gasteiger partial charge on any atom is -0.370 e. The normalized spacial score (nSPS) is 16.6. The Bertz CT molecular complexity index is 1400. The van der Waals surface area contributed by atoms with Crippen LogP contribution in [0.5, 0.6) is 0 Å². The maximum absolute atomic E-state index is 13.8. The lowest BCUT2D eigenvalue weighted by atomic mass is 10.0. The predicted octanol–water partition coefficient (Wildman–Crippen LogP) is 4.09. The summed E-state index contributed by atoms with van der Waals surface area (Å²) in [6.45, 7) is 4.39. The van der Waals surface area contributed by atoms with E-state index in [2.05, 4.69) is 47.1 Å². The molecule has 0 spiro atoms. The minimum atomic E-state index is -0.0599. The summed E-state index contributed by atoms with van der Waals surface area (Å²) in [4.78, 5) is 37.0. The number of nitrogens with zero attached hydrogens (tertiary/aromatic N) is 4. The minimum absolute atomic E-state index is 0.0599. The van der Waals surface area contributed by atoms with Crippen LogP contribution in [0, 0.1) is 0 Å². The highest BCUT2D eigenvalue weighted by Crippen LogP contribution is 2.36. The SMILES string of the molecule is O=C(CCNCCN1CCc2ccccc21)N1CCc2nc(SC3CCC3)n(-c3ccc(S)cc3)c(=O)c2C1. The van der Waals surface area contributed by atoms with Crippen molar-refractivity contribution >= 4 is 36.0 Å². The number of amides is 1. The molecule has 204 valence electrons. The second-order valence-electron chi connectivity index (χ2n) is 10.6. The maximum Gasteiger partial charge on any atom is 0.264 e. The lowest BCUT2D eigenvalue weighted by Gasteiger charge is -2.30. The van der Waals surface area contributed by atoms with Crippen molar-refractivity contribution in [3.63, 3.8) is 0 Å². The second-order valence-corrected chi connectivity index (χ2v) is 12.4. The molecule has 0 atom stereocenters. The molecule has 7 nitrogen and oxygen atoms in total. The lowest BCUT2D eigenvalue weighted by molar-refractivity contribution is -0.132. The fourth-order valence-electron chi connectivity index (χ4n) is 5.54. The molecule has 9 heteroatoms. The Morgan fingerprint density at radius 3 is 2.67 bits per heavy atom. The molecule has 2 aliphatic heterocycles. The zero-order valence-corrected chi connectivity index (χ0v) is 23.9. The molecule has 3 heterocycles. The van der Waals surface area contributed by atoms with E-state index >= 15 is 0 Å². The largest absolute Gasteiger partial charge is 0.370 e. The van der Waals surface area contributed by atoms with Gasteiger partial charge in [-0.25, -0.2) is 4.98 Å². The third kappa shape index (κ3) is 5.76. The van der Waals surface area contributed by atoms with E-state index < -0.39 is 0 Å². The molecular formula is C30H35N5O2S2. The van der Waals surface area contributed by atoms with Gasteiger partial charge in [0, 0.05) is 61.4 Å². The van der Waals surface area contributed by atoms with E-state index in [1.807, 2.05) is 29.2 Å². The molecule has 1 amide bonds. The first kappa shape index (κ1) is 26.5. The highest BCUT2D eigenvalue weighted by Gasteiger charge is 2.29. The Morgan fingerprint density at radius 1 is 1.05 bits per heavy atom. The lowest BCUT2D eigenvalue weighted by Crippen LogP contribution is -2.42. The van der Waals surface area contributed by atoms with Gasteiger partial charge >= 0.3 is 0 Å². The molecule has 3 aromatic rings. The van der Waals surface area contributed by atoms with Gasteiger partial charge in [-0.3, -0.25) is 14.2 Å². The van der Waals surface area contributed by atoms with Gasteiger partial charge in [-0.2, -0.15) is 0 Å². The quantitative estimate of drug-likeness (QED) is 0.233. The smallest absolute Gasteiger partial charge is 0.264 e. The number of carbonyl (C=O) groups excluding carboxylic acids is 1. The second kappa shape index (κ2) is 11.8. The number of thioether (sulfide) groups is 1. The number of nitrogens with one attached hydrogen (secondary N) is 1. The first-order valence-electron chi connectivity index (χ1n) is 14.0. The zero-order chi connectivity index (χ0) is 26.8. The van der Waals surface area contributed by atoms with Crippen LogP contribution in [-0.4, -0.2) is 58.3 Å². The number of hydrogen-bond donors (Lipinski definition) is 2. The Labute approximate surface area is 239 Å². The van der Waals surface area contributed by atoms with E-state index in [4.69, 9.17) is 4.98 Å². The molecule has 0 bridgehead atoms. The standard InChI is InChI=1S/C30H35N5O2S2/c36-28(12-15-31-16-19-33-17-13-21-4-1-2-7-27(21)33)34-18-14-26-25(20-34)29(37)35(22-8-10-23(38)11-9-22)30(32-26)39-24-5-3-6-24/h1-2,4,7-11,24,31,38H,3,5-6,12-20H2. The molecule has 1 N–H and O–H groups in total. The average Bonchev–Trinajstić information content (AvgIpc) is 3.34. The van der Waals surface area contributed by atoms with Gasteiger partial charge in [0.2, 0.25) is 5.91 Å². The number of fused-ring (bicyclic) bond motifs is 2. The van der Waals surface area contributed by atoms with E-state index in [9.17, 15) is 9.59 Å². The molecule has 1 aromatic heterocycles. The van der Waals surface area contributed by atoms with Crippen molar-refractivity contribution in [3.05, 3.63) is 75.7 Å². The van der Waals surface area contributed by atoms with Gasteiger partial charge in [-0.05, 0) is 55.2 Å². The maximum atomic E-state index is 13.8. The van der Waals surface area contributed by atoms with E-state index in [0.29, 0.717) is 43.3 Å². The van der Waals surface area contributed by atoms with Crippen molar-refractivity contribution < 1.29 is 4.79 Å². The van der Waals surface area contributed by atoms with Crippen LogP contribution >= 0.6 is 24.4 Å². The molecule has 0 saturated heterocycles. The number of carbonyl (C=O) groups is 1. The van der Waals surface area contributed by atoms with Crippen LogP contribution in [0.2, 0.25) is 0 Å². The monoisotopic (exact) mass is 561 g/mol. The van der Waals surface area contributed by atoms with Crippen LogP contribution in [0.3, 0.4) is 0 Å². The molecule has 1 saturated carbocycles. The first-order valence-corrected chi connectivity index (χ1v) is 15.3. The Hall–Kier alpha value is -2.75. The number of anilines is 1. The van der Waals surface area contributed by atoms with E-state index in [1.54, 1.807) is 16.3 Å². The van der Waals surface area contributed by atoms with Crippen LogP contribution in [0.15, 0.2) is 63.4 Å². The summed E-state index contributed by atoms with van der Waals surface area (Å²) in [7, 11) is 0. The van der Waals surface area contributed by atoms with Gasteiger partial charge in [-0.15, -0.1) is 12.6 Å². The van der Waals surface area contributed by atoms with Crippen molar-refractivity contribution in [2.45, 2.75) is 60.4 Å². The van der Waals surface area contributed by atoms with Gasteiger partial charge in [-0.1, -0.05) is 36.4 Å². The molecule has 6 rings (SSSR count). The van der Waals surface area contributed by atoms with E-state index in [-0.39, 0.29) is 11.5 Å². The van der Waals surface area contributed by atoms with Gasteiger partial charge in [0.15, 0.2) is 5.16 Å². The van der Waals surface area contributed by atoms with Gasteiger partial charge in [0.05, 0.1) is 23.5 Å². The summed E-state index contributed by atoms with van der Waals surface area (Å²) >= 11 is 6.12. The van der Waals surface area contributed by atoms with Crippen molar-refractivity contribution in [2.24, 2.45) is 0 Å². The van der Waals surface area contributed by atoms with E-state index in [0.717, 1.165) is 60.3 Å². The highest BCUT2D eigenvalue weighted by atomic mass is 32.2. The van der Waals surface area contributed by atoms with Crippen LogP contribution in [0.1, 0.15) is 42.5 Å². The Kier molecular flexibility index (Phi) is 7.99. The Balaban J connectivity index is 1.09. The number of benzene rings is 2. The highest BCUT2D eigenvalue weighted by molar-refractivity contribution is 7.99. The first-order chi connectivity index (χ1) is 19.1. The zero-order valence-electron chi connectivity index (χ0n) is 22.1. The van der Waals surface area contributed by atoms with E-state index in [1.165, 1.54) is 17.7 Å². The van der Waals surface area contributed by atoms with Crippen molar-refractivity contribution in [1.82, 2.24) is 19.8 Å². The molecule has 0 unspecified atom stereocenters. The number of hydrogen-bond acceptors (Lipinski definition) is 7. The fraction of sp³-hybridized carbons (Fsp3) is 0.433. The molecule has 0 radical (unpaired) electrons. The van der Waals surface area contributed by atoms with Crippen molar-refractivity contribution in [3.8, 4) is 5.69 Å². The van der Waals surface area contributed by atoms with Crippen molar-refractivity contribution in [2.75, 3.05) is 37.6 Å². The summed E-state index contributed by atoms with van der Waals surface area (Å²) in [6, 6.07) is 16.2. The number of rotatable bonds is 9. The van der Waals surface area contributed by atoms with Crippen LogP contribution in [-0.2, 0) is 24.2 Å². The van der Waals surface area contributed by atoms with Crippen LogP contribution in [0.4, 0.5) is 5.69 Å². The number of para-hydroxylation sites is 1. The third-order valence-electron chi connectivity index (χ3n) is 8.04. The predicted molar refractivity (Wildman–Crippen MR) is 160 cm³/mol. The summed E-state index contributed by atoms with van der Waals surface area (Å²) in [5.74, 6) is 0.0814. The summed E-state index contributed by atoms with van der Waals surface area (Å²) in [5, 5.41) is 4.72. The molecule has 3 aliphatic rings. The summed E-state index contributed by atoms with van der Waals surface area (Å²) < 4.78 is 1.74. The molecular weight excluding hydrogens is 526 g/mol. The average molecular weight is 562 g/mol. The number of aromatic nitrogens is 2. The van der Waals surface area contributed by atoms with Crippen LogP contribution < -0.4 is 15.8 Å².